The van der Waals surface area contributed by atoms with Gasteiger partial charge in [-0.05, 0) is 36.1 Å². The third kappa shape index (κ3) is 2.21. The number of rotatable bonds is 3. The molecule has 0 aliphatic heterocycles. The van der Waals surface area contributed by atoms with E-state index < -0.39 is 0 Å². The first-order valence-corrected chi connectivity index (χ1v) is 7.74. The Balaban J connectivity index is 1.47. The fourth-order valence-corrected chi connectivity index (χ4v) is 2.78. The van der Waals surface area contributed by atoms with Crippen molar-refractivity contribution in [2.24, 2.45) is 0 Å². The summed E-state index contributed by atoms with van der Waals surface area (Å²) in [5.41, 5.74) is 5.30. The van der Waals surface area contributed by atoms with Gasteiger partial charge in [-0.25, -0.2) is 4.98 Å². The number of hydrogen-bond donors (Lipinski definition) is 1. The zero-order chi connectivity index (χ0) is 15.2. The number of H-pyrrole nitrogens is 1. The summed E-state index contributed by atoms with van der Waals surface area (Å²) in [6.45, 7) is 0. The van der Waals surface area contributed by atoms with Gasteiger partial charge in [0.25, 0.3) is 0 Å². The van der Waals surface area contributed by atoms with Crippen molar-refractivity contribution in [2.75, 3.05) is 0 Å². The first-order valence-electron chi connectivity index (χ1n) is 7.74. The molecule has 0 radical (unpaired) electrons. The summed E-state index contributed by atoms with van der Waals surface area (Å²) >= 11 is 0. The molecule has 5 nitrogen and oxygen atoms in total. The number of benzene rings is 2. The minimum Gasteiger partial charge on any atom is -0.345 e. The molecule has 2 aromatic carbocycles. The highest BCUT2D eigenvalue weighted by molar-refractivity contribution is 5.81. The van der Waals surface area contributed by atoms with Gasteiger partial charge in [0.05, 0.1) is 17.4 Å². The average Bonchev–Trinajstić information content (AvgIpc) is 3.14. The summed E-state index contributed by atoms with van der Waals surface area (Å²) in [5, 5.41) is 4.08. The zero-order valence-corrected chi connectivity index (χ0v) is 12.4. The first kappa shape index (κ1) is 12.6. The lowest BCUT2D eigenvalue weighted by molar-refractivity contribution is 0.380. The minimum atomic E-state index is 0.483. The van der Waals surface area contributed by atoms with Crippen LogP contribution in [-0.4, -0.2) is 20.1 Å². The van der Waals surface area contributed by atoms with E-state index in [9.17, 15) is 0 Å². The van der Waals surface area contributed by atoms with Crippen LogP contribution in [0.2, 0.25) is 0 Å². The maximum absolute atomic E-state index is 5.32. The lowest BCUT2D eigenvalue weighted by atomic mass is 10.0. The molecule has 1 aliphatic carbocycles. The van der Waals surface area contributed by atoms with Crippen LogP contribution in [0.5, 0.6) is 0 Å². The van der Waals surface area contributed by atoms with Gasteiger partial charge < -0.3 is 9.51 Å². The van der Waals surface area contributed by atoms with Crippen molar-refractivity contribution in [1.82, 2.24) is 20.1 Å². The van der Waals surface area contributed by atoms with Gasteiger partial charge in [-0.3, -0.25) is 0 Å². The normalized spacial score (nSPS) is 14.4. The van der Waals surface area contributed by atoms with Crippen LogP contribution in [0.1, 0.15) is 24.7 Å². The Bertz CT molecular complexity index is 980. The number of aromatic nitrogens is 4. The molecule has 0 unspecified atom stereocenters. The van der Waals surface area contributed by atoms with Crippen molar-refractivity contribution < 1.29 is 4.52 Å². The predicted molar refractivity (Wildman–Crippen MR) is 86.8 cm³/mol. The van der Waals surface area contributed by atoms with Crippen molar-refractivity contribution in [3.05, 3.63) is 54.7 Å². The molecule has 2 heterocycles. The number of nitrogens with zero attached hydrogens (tertiary/aromatic N) is 3. The molecule has 2 aromatic heterocycles. The van der Waals surface area contributed by atoms with E-state index in [1.165, 1.54) is 0 Å². The Morgan fingerprint density at radius 2 is 1.74 bits per heavy atom. The molecule has 5 rings (SSSR count). The molecule has 0 atom stereocenters. The zero-order valence-electron chi connectivity index (χ0n) is 12.4. The molecule has 1 N–H and O–H groups in total. The molecule has 0 amide bonds. The summed E-state index contributed by atoms with van der Waals surface area (Å²) in [6, 6.07) is 14.5. The Hall–Kier alpha value is -2.95. The van der Waals surface area contributed by atoms with Crippen LogP contribution in [0.25, 0.3) is 33.5 Å². The topological polar surface area (TPSA) is 67.6 Å². The van der Waals surface area contributed by atoms with E-state index >= 15 is 0 Å². The van der Waals surface area contributed by atoms with Gasteiger partial charge in [-0.15, -0.1) is 0 Å². The second-order valence-electron chi connectivity index (χ2n) is 5.94. The molecule has 23 heavy (non-hydrogen) atoms. The maximum Gasteiger partial charge on any atom is 0.230 e. The third-order valence-corrected chi connectivity index (χ3v) is 4.27. The molecule has 5 heteroatoms. The minimum absolute atomic E-state index is 0.483. The lowest BCUT2D eigenvalue weighted by Crippen LogP contribution is -1.83. The number of nitrogens with one attached hydrogen (secondary N) is 1. The van der Waals surface area contributed by atoms with Crippen LogP contribution in [0.4, 0.5) is 0 Å². The second kappa shape index (κ2) is 4.78. The summed E-state index contributed by atoms with van der Waals surface area (Å²) in [5.74, 6) is 1.92. The van der Waals surface area contributed by atoms with Crippen LogP contribution in [0, 0.1) is 0 Å². The largest absolute Gasteiger partial charge is 0.345 e. The van der Waals surface area contributed by atoms with E-state index in [-0.39, 0.29) is 0 Å². The summed E-state index contributed by atoms with van der Waals surface area (Å²) in [4.78, 5) is 11.9. The quantitative estimate of drug-likeness (QED) is 0.617. The van der Waals surface area contributed by atoms with E-state index in [0.717, 1.165) is 46.5 Å². The molecular formula is C18H14N4O. The number of hydrogen-bond acceptors (Lipinski definition) is 4. The standard InChI is InChI=1S/C18H14N4O/c1-3-12(17-21-18(23-22-17)13-5-6-13)4-2-11(1)14-7-8-15-16(9-14)20-10-19-15/h1-4,7-10,13H,5-6H2,(H,19,20). The van der Waals surface area contributed by atoms with E-state index in [4.69, 9.17) is 4.52 Å². The summed E-state index contributed by atoms with van der Waals surface area (Å²) in [6.07, 6.45) is 4.04. The summed E-state index contributed by atoms with van der Waals surface area (Å²) < 4.78 is 5.32. The molecule has 1 saturated carbocycles. The average molecular weight is 302 g/mol. The van der Waals surface area contributed by atoms with Crippen molar-refractivity contribution in [3.8, 4) is 22.5 Å². The molecule has 0 saturated heterocycles. The number of fused-ring (bicyclic) bond motifs is 1. The predicted octanol–water partition coefficient (Wildman–Crippen LogP) is 4.16. The van der Waals surface area contributed by atoms with Crippen LogP contribution in [0.15, 0.2) is 53.3 Å². The Kier molecular flexibility index (Phi) is 2.61. The molecule has 0 spiro atoms. The summed E-state index contributed by atoms with van der Waals surface area (Å²) in [7, 11) is 0. The SMILES string of the molecule is c1nc2ccc(-c3ccc(-c4noc(C5CC5)n4)cc3)cc2[nH]1. The highest BCUT2D eigenvalue weighted by Crippen LogP contribution is 2.39. The highest BCUT2D eigenvalue weighted by atomic mass is 16.5. The Morgan fingerprint density at radius 1 is 0.957 bits per heavy atom. The van der Waals surface area contributed by atoms with Crippen LogP contribution in [0.3, 0.4) is 0 Å². The van der Waals surface area contributed by atoms with E-state index in [1.807, 2.05) is 18.2 Å². The van der Waals surface area contributed by atoms with Gasteiger partial charge in [0.1, 0.15) is 0 Å². The Labute approximate surface area is 132 Å². The van der Waals surface area contributed by atoms with Gasteiger partial charge in [0.15, 0.2) is 0 Å². The second-order valence-corrected chi connectivity index (χ2v) is 5.94. The van der Waals surface area contributed by atoms with E-state index in [0.29, 0.717) is 11.7 Å². The van der Waals surface area contributed by atoms with Crippen LogP contribution < -0.4 is 0 Å². The van der Waals surface area contributed by atoms with Crippen molar-refractivity contribution >= 4 is 11.0 Å². The molecular weight excluding hydrogens is 288 g/mol. The lowest BCUT2D eigenvalue weighted by Gasteiger charge is -2.02. The molecule has 1 fully saturated rings. The third-order valence-electron chi connectivity index (χ3n) is 4.27. The fourth-order valence-electron chi connectivity index (χ4n) is 2.78. The van der Waals surface area contributed by atoms with Crippen molar-refractivity contribution in [1.29, 1.82) is 0 Å². The van der Waals surface area contributed by atoms with Crippen LogP contribution in [-0.2, 0) is 0 Å². The first-order chi connectivity index (χ1) is 11.4. The highest BCUT2D eigenvalue weighted by Gasteiger charge is 2.29. The van der Waals surface area contributed by atoms with Gasteiger partial charge in [0.2, 0.25) is 11.7 Å². The van der Waals surface area contributed by atoms with E-state index in [2.05, 4.69) is 44.4 Å². The molecule has 4 aromatic rings. The van der Waals surface area contributed by atoms with E-state index in [1.54, 1.807) is 6.33 Å². The van der Waals surface area contributed by atoms with Crippen molar-refractivity contribution in [2.45, 2.75) is 18.8 Å². The number of aromatic amines is 1. The van der Waals surface area contributed by atoms with Crippen LogP contribution >= 0.6 is 0 Å². The Morgan fingerprint density at radius 3 is 2.57 bits per heavy atom. The molecule has 112 valence electrons. The van der Waals surface area contributed by atoms with Crippen molar-refractivity contribution in [3.63, 3.8) is 0 Å². The van der Waals surface area contributed by atoms with Gasteiger partial charge in [-0.2, -0.15) is 4.98 Å². The van der Waals surface area contributed by atoms with Gasteiger partial charge >= 0.3 is 0 Å². The monoisotopic (exact) mass is 302 g/mol. The smallest absolute Gasteiger partial charge is 0.230 e. The maximum atomic E-state index is 5.32. The fraction of sp³-hybridized carbons (Fsp3) is 0.167. The molecule has 1 aliphatic rings. The van der Waals surface area contributed by atoms with Gasteiger partial charge in [0, 0.05) is 11.5 Å². The number of imidazole rings is 1. The molecule has 0 bridgehead atoms. The van der Waals surface area contributed by atoms with Gasteiger partial charge in [-0.1, -0.05) is 35.5 Å².